The van der Waals surface area contributed by atoms with Crippen LogP contribution in [0, 0.1) is 6.92 Å². The molecule has 0 aliphatic heterocycles. The van der Waals surface area contributed by atoms with Crippen LogP contribution in [0.15, 0.2) is 30.5 Å². The summed E-state index contributed by atoms with van der Waals surface area (Å²) in [4.78, 5) is 24.1. The summed E-state index contributed by atoms with van der Waals surface area (Å²) in [5, 5.41) is 9.52. The molecule has 1 atom stereocenters. The number of carbonyl (C=O) groups excluding carboxylic acids is 2. The lowest BCUT2D eigenvalue weighted by Gasteiger charge is -2.13. The highest BCUT2D eigenvalue weighted by atomic mass is 16.2. The van der Waals surface area contributed by atoms with Gasteiger partial charge in [0, 0.05) is 13.2 Å². The molecule has 0 spiro atoms. The Hall–Kier alpha value is -2.63. The molecule has 0 fully saturated rings. The smallest absolute Gasteiger partial charge is 0.313 e. The fraction of sp³-hybridized carbons (Fsp3) is 0.312. The minimum Gasteiger partial charge on any atom is -0.341 e. The van der Waals surface area contributed by atoms with Gasteiger partial charge in [-0.05, 0) is 30.9 Å². The third-order valence-electron chi connectivity index (χ3n) is 3.91. The molecule has 3 rings (SSSR count). The van der Waals surface area contributed by atoms with Crippen molar-refractivity contribution in [1.82, 2.24) is 15.1 Å². The zero-order chi connectivity index (χ0) is 15.7. The van der Waals surface area contributed by atoms with E-state index in [9.17, 15) is 9.59 Å². The normalized spacial score (nSPS) is 16.2. The molecule has 1 heterocycles. The van der Waals surface area contributed by atoms with Gasteiger partial charge in [0.1, 0.15) is 0 Å². The number of aryl methyl sites for hydroxylation is 3. The summed E-state index contributed by atoms with van der Waals surface area (Å²) < 4.78 is 1.59. The van der Waals surface area contributed by atoms with Crippen LogP contribution in [0.5, 0.6) is 0 Å². The van der Waals surface area contributed by atoms with E-state index in [-0.39, 0.29) is 6.04 Å². The zero-order valence-corrected chi connectivity index (χ0v) is 12.6. The van der Waals surface area contributed by atoms with Crippen molar-refractivity contribution in [3.05, 3.63) is 47.3 Å². The number of nitrogens with zero attached hydrogens (tertiary/aromatic N) is 2. The maximum atomic E-state index is 12.1. The zero-order valence-electron chi connectivity index (χ0n) is 12.6. The highest BCUT2D eigenvalue weighted by Gasteiger charge is 2.26. The van der Waals surface area contributed by atoms with Gasteiger partial charge in [0.15, 0.2) is 0 Å². The fourth-order valence-electron chi connectivity index (χ4n) is 2.83. The summed E-state index contributed by atoms with van der Waals surface area (Å²) in [6.07, 6.45) is 3.42. The van der Waals surface area contributed by atoms with E-state index in [1.807, 2.05) is 18.2 Å². The standard InChI is InChI=1S/C16H18N4O2/c1-10-14(9-20(2)19-10)18-16(22)15(21)17-13-8-7-11-5-3-4-6-12(11)13/h3-6,9,13H,7-8H2,1-2H3,(H,17,21)(H,18,22)/t13-/m0/s1. The highest BCUT2D eigenvalue weighted by molar-refractivity contribution is 6.39. The van der Waals surface area contributed by atoms with Gasteiger partial charge in [-0.15, -0.1) is 0 Å². The third-order valence-corrected chi connectivity index (χ3v) is 3.91. The van der Waals surface area contributed by atoms with Crippen molar-refractivity contribution in [2.24, 2.45) is 7.05 Å². The molecule has 114 valence electrons. The molecule has 0 bridgehead atoms. The number of fused-ring (bicyclic) bond motifs is 1. The van der Waals surface area contributed by atoms with Gasteiger partial charge >= 0.3 is 11.8 Å². The summed E-state index contributed by atoms with van der Waals surface area (Å²) in [6, 6.07) is 7.89. The van der Waals surface area contributed by atoms with E-state index >= 15 is 0 Å². The van der Waals surface area contributed by atoms with Crippen molar-refractivity contribution in [1.29, 1.82) is 0 Å². The van der Waals surface area contributed by atoms with Gasteiger partial charge in [0.2, 0.25) is 0 Å². The van der Waals surface area contributed by atoms with Gasteiger partial charge in [-0.25, -0.2) is 0 Å². The van der Waals surface area contributed by atoms with Crippen molar-refractivity contribution < 1.29 is 9.59 Å². The maximum Gasteiger partial charge on any atom is 0.313 e. The molecule has 0 saturated heterocycles. The third kappa shape index (κ3) is 2.72. The van der Waals surface area contributed by atoms with Crippen LogP contribution in [0.4, 0.5) is 5.69 Å². The molecule has 1 aliphatic rings. The number of hydrogen-bond acceptors (Lipinski definition) is 3. The molecule has 0 unspecified atom stereocenters. The monoisotopic (exact) mass is 298 g/mol. The second-order valence-corrected chi connectivity index (χ2v) is 5.52. The van der Waals surface area contributed by atoms with Gasteiger partial charge in [0.05, 0.1) is 17.4 Å². The Morgan fingerprint density at radius 1 is 1.27 bits per heavy atom. The van der Waals surface area contributed by atoms with Crippen LogP contribution in [0.2, 0.25) is 0 Å². The SMILES string of the molecule is Cc1nn(C)cc1NC(=O)C(=O)N[C@H]1CCc2ccccc21. The van der Waals surface area contributed by atoms with Gasteiger partial charge in [-0.1, -0.05) is 24.3 Å². The molecule has 1 aliphatic carbocycles. The predicted octanol–water partition coefficient (Wildman–Crippen LogP) is 1.47. The summed E-state index contributed by atoms with van der Waals surface area (Å²) >= 11 is 0. The quantitative estimate of drug-likeness (QED) is 0.824. The molecule has 1 aromatic carbocycles. The van der Waals surface area contributed by atoms with Crippen LogP contribution in [0.1, 0.15) is 29.3 Å². The predicted molar refractivity (Wildman–Crippen MR) is 82.2 cm³/mol. The first-order chi connectivity index (χ1) is 10.5. The lowest BCUT2D eigenvalue weighted by Crippen LogP contribution is -2.37. The lowest BCUT2D eigenvalue weighted by molar-refractivity contribution is -0.136. The molecule has 2 N–H and O–H groups in total. The average molecular weight is 298 g/mol. The number of amides is 2. The van der Waals surface area contributed by atoms with E-state index in [1.54, 1.807) is 24.9 Å². The maximum absolute atomic E-state index is 12.1. The van der Waals surface area contributed by atoms with Crippen LogP contribution in [-0.2, 0) is 23.1 Å². The number of nitrogens with one attached hydrogen (secondary N) is 2. The van der Waals surface area contributed by atoms with Crippen molar-refractivity contribution >= 4 is 17.5 Å². The number of benzene rings is 1. The summed E-state index contributed by atoms with van der Waals surface area (Å²) in [5.41, 5.74) is 3.56. The minimum absolute atomic E-state index is 0.0931. The van der Waals surface area contributed by atoms with E-state index in [0.717, 1.165) is 18.4 Å². The molecule has 6 heteroatoms. The van der Waals surface area contributed by atoms with Gasteiger partial charge in [-0.3, -0.25) is 14.3 Å². The van der Waals surface area contributed by atoms with Crippen LogP contribution in [-0.4, -0.2) is 21.6 Å². The largest absolute Gasteiger partial charge is 0.341 e. The number of aromatic nitrogens is 2. The van der Waals surface area contributed by atoms with Gasteiger partial charge in [0.25, 0.3) is 0 Å². The molecule has 0 radical (unpaired) electrons. The number of hydrogen-bond donors (Lipinski definition) is 2. The molecule has 6 nitrogen and oxygen atoms in total. The van der Waals surface area contributed by atoms with Crippen molar-refractivity contribution in [3.63, 3.8) is 0 Å². The minimum atomic E-state index is -0.666. The number of rotatable bonds is 2. The molecule has 1 aromatic heterocycles. The first-order valence-corrected chi connectivity index (χ1v) is 7.24. The Morgan fingerprint density at radius 3 is 2.77 bits per heavy atom. The molecule has 2 amide bonds. The van der Waals surface area contributed by atoms with Crippen molar-refractivity contribution in [2.45, 2.75) is 25.8 Å². The van der Waals surface area contributed by atoms with Crippen LogP contribution >= 0.6 is 0 Å². The van der Waals surface area contributed by atoms with E-state index in [0.29, 0.717) is 11.4 Å². The second kappa shape index (κ2) is 5.63. The van der Waals surface area contributed by atoms with E-state index in [4.69, 9.17) is 0 Å². The summed E-state index contributed by atoms with van der Waals surface area (Å²) in [7, 11) is 1.76. The Morgan fingerprint density at radius 2 is 2.05 bits per heavy atom. The lowest BCUT2D eigenvalue weighted by atomic mass is 10.1. The fourth-order valence-corrected chi connectivity index (χ4v) is 2.83. The Labute approximate surface area is 128 Å². The molecule has 0 saturated carbocycles. The number of carbonyl (C=O) groups is 2. The Kier molecular flexibility index (Phi) is 3.66. The average Bonchev–Trinajstić information content (AvgIpc) is 3.03. The first-order valence-electron chi connectivity index (χ1n) is 7.24. The molecular formula is C16H18N4O2. The van der Waals surface area contributed by atoms with Crippen LogP contribution < -0.4 is 10.6 Å². The number of anilines is 1. The molecule has 2 aromatic rings. The van der Waals surface area contributed by atoms with Crippen molar-refractivity contribution in [2.75, 3.05) is 5.32 Å². The van der Waals surface area contributed by atoms with Gasteiger partial charge < -0.3 is 10.6 Å². The second-order valence-electron chi connectivity index (χ2n) is 5.52. The summed E-state index contributed by atoms with van der Waals surface area (Å²) in [6.45, 7) is 1.78. The molecule has 22 heavy (non-hydrogen) atoms. The van der Waals surface area contributed by atoms with Crippen LogP contribution in [0.3, 0.4) is 0 Å². The Balaban J connectivity index is 1.65. The first kappa shape index (κ1) is 14.3. The molecular weight excluding hydrogens is 280 g/mol. The van der Waals surface area contributed by atoms with E-state index in [2.05, 4.69) is 21.8 Å². The summed E-state index contributed by atoms with van der Waals surface area (Å²) in [5.74, 6) is -1.29. The van der Waals surface area contributed by atoms with E-state index < -0.39 is 11.8 Å². The Bertz CT molecular complexity index is 735. The topological polar surface area (TPSA) is 76.0 Å². The van der Waals surface area contributed by atoms with Crippen molar-refractivity contribution in [3.8, 4) is 0 Å². The van der Waals surface area contributed by atoms with Gasteiger partial charge in [-0.2, -0.15) is 5.10 Å². The van der Waals surface area contributed by atoms with E-state index in [1.165, 1.54) is 5.56 Å². The highest BCUT2D eigenvalue weighted by Crippen LogP contribution is 2.30. The van der Waals surface area contributed by atoms with Crippen LogP contribution in [0.25, 0.3) is 0 Å².